The second-order valence-electron chi connectivity index (χ2n) is 8.12. The van der Waals surface area contributed by atoms with Crippen molar-refractivity contribution in [2.75, 3.05) is 26.5 Å². The fourth-order valence-electron chi connectivity index (χ4n) is 3.41. The zero-order valence-electron chi connectivity index (χ0n) is 19.4. The molecule has 180 valence electrons. The molecule has 0 spiro atoms. The average Bonchev–Trinajstić information content (AvgIpc) is 3.43. The molecule has 3 aromatic rings. The van der Waals surface area contributed by atoms with E-state index in [1.807, 2.05) is 26.0 Å². The van der Waals surface area contributed by atoms with Gasteiger partial charge >= 0.3 is 0 Å². The van der Waals surface area contributed by atoms with Crippen LogP contribution < -0.4 is 9.47 Å². The maximum atomic E-state index is 11.7. The van der Waals surface area contributed by atoms with Crippen molar-refractivity contribution in [3.05, 3.63) is 54.2 Å². The van der Waals surface area contributed by atoms with Crippen LogP contribution in [0.4, 0.5) is 0 Å². The number of hydrogen-bond acceptors (Lipinski definition) is 8. The van der Waals surface area contributed by atoms with E-state index in [0.29, 0.717) is 42.1 Å². The van der Waals surface area contributed by atoms with Crippen molar-refractivity contribution in [3.63, 3.8) is 0 Å². The highest BCUT2D eigenvalue weighted by Gasteiger charge is 2.19. The van der Waals surface area contributed by atoms with Gasteiger partial charge in [0.2, 0.25) is 11.8 Å². The van der Waals surface area contributed by atoms with Gasteiger partial charge in [-0.05, 0) is 50.2 Å². The van der Waals surface area contributed by atoms with E-state index in [1.165, 1.54) is 12.1 Å². The van der Waals surface area contributed by atoms with Gasteiger partial charge in [0.25, 0.3) is 0 Å². The molecule has 0 aliphatic carbocycles. The van der Waals surface area contributed by atoms with E-state index in [9.17, 15) is 8.42 Å². The Morgan fingerprint density at radius 3 is 2.50 bits per heavy atom. The Morgan fingerprint density at radius 2 is 1.85 bits per heavy atom. The van der Waals surface area contributed by atoms with Crippen LogP contribution in [0.15, 0.2) is 58.4 Å². The van der Waals surface area contributed by atoms with Gasteiger partial charge in [-0.3, -0.25) is 0 Å². The van der Waals surface area contributed by atoms with Gasteiger partial charge in [-0.2, -0.15) is 0 Å². The first-order chi connectivity index (χ1) is 16.2. The molecule has 1 aliphatic rings. The van der Waals surface area contributed by atoms with Crippen LogP contribution in [0.25, 0.3) is 11.4 Å². The summed E-state index contributed by atoms with van der Waals surface area (Å²) >= 11 is 0. The molecule has 0 radical (unpaired) electrons. The molecule has 2 aromatic heterocycles. The first-order valence-electron chi connectivity index (χ1n) is 10.8. The second-order valence-corrected chi connectivity index (χ2v) is 10.1. The van der Waals surface area contributed by atoms with Gasteiger partial charge in [-0.1, -0.05) is 0 Å². The fourth-order valence-corrected chi connectivity index (χ4v) is 4.04. The van der Waals surface area contributed by atoms with Crippen molar-refractivity contribution >= 4 is 15.7 Å². The number of aromatic nitrogens is 2. The molecule has 10 heteroatoms. The summed E-state index contributed by atoms with van der Waals surface area (Å²) in [5.74, 6) is 1.87. The number of sulfone groups is 1. The van der Waals surface area contributed by atoms with Crippen LogP contribution in [0.5, 0.6) is 17.4 Å². The number of rotatable bonds is 9. The Morgan fingerprint density at radius 1 is 1.12 bits per heavy atom. The number of H-pyrrole nitrogens is 1. The van der Waals surface area contributed by atoms with E-state index < -0.39 is 9.84 Å². The van der Waals surface area contributed by atoms with Gasteiger partial charge < -0.3 is 23.9 Å². The number of aliphatic imine (C=N–C) groups is 1. The summed E-state index contributed by atoms with van der Waals surface area (Å²) in [7, 11) is -1.68. The van der Waals surface area contributed by atoms with E-state index in [-0.39, 0.29) is 17.1 Å². The minimum absolute atomic E-state index is 0.0490. The number of nitrogens with one attached hydrogen (secondary N) is 1. The van der Waals surface area contributed by atoms with E-state index in [0.717, 1.165) is 17.6 Å². The lowest BCUT2D eigenvalue weighted by atomic mass is 10.2. The smallest absolute Gasteiger partial charge is 0.233 e. The average molecular weight is 486 g/mol. The van der Waals surface area contributed by atoms with Crippen molar-refractivity contribution in [1.82, 2.24) is 9.97 Å². The van der Waals surface area contributed by atoms with Gasteiger partial charge in [0.15, 0.2) is 9.84 Å². The normalized spacial score (nSPS) is 16.6. The Hall–Kier alpha value is -3.37. The Labute approximate surface area is 198 Å². The first kappa shape index (κ1) is 23.8. The summed E-state index contributed by atoms with van der Waals surface area (Å²) in [6.07, 6.45) is 1.02. The standard InChI is InChI=1S/C24H27N3O6S/c1-15-13-25-24(32-15)21-10-9-20(26-21)22-11-18(31-16(2)14-30-3)12-23(27-22)33-17-5-7-19(8-6-17)34(4,28)29/h5-12,15-16,26H,13-14H2,1-4H3. The first-order valence-corrected chi connectivity index (χ1v) is 12.7. The predicted octanol–water partition coefficient (Wildman–Crippen LogP) is 3.85. The summed E-state index contributed by atoms with van der Waals surface area (Å²) < 4.78 is 46.3. The molecule has 2 atom stereocenters. The summed E-state index contributed by atoms with van der Waals surface area (Å²) in [5, 5.41) is 0. The lowest BCUT2D eigenvalue weighted by Crippen LogP contribution is -2.18. The van der Waals surface area contributed by atoms with Crippen molar-refractivity contribution in [2.24, 2.45) is 4.99 Å². The summed E-state index contributed by atoms with van der Waals surface area (Å²) in [6, 6.07) is 13.4. The zero-order chi connectivity index (χ0) is 24.3. The minimum Gasteiger partial charge on any atom is -0.488 e. The van der Waals surface area contributed by atoms with Crippen molar-refractivity contribution < 1.29 is 27.4 Å². The summed E-state index contributed by atoms with van der Waals surface area (Å²) in [6.45, 7) is 4.91. The predicted molar refractivity (Wildman–Crippen MR) is 128 cm³/mol. The third-order valence-electron chi connectivity index (χ3n) is 4.99. The van der Waals surface area contributed by atoms with Gasteiger partial charge in [0.1, 0.15) is 29.4 Å². The highest BCUT2D eigenvalue weighted by Crippen LogP contribution is 2.30. The summed E-state index contributed by atoms with van der Waals surface area (Å²) in [5.41, 5.74) is 2.10. The molecule has 1 aliphatic heterocycles. The maximum absolute atomic E-state index is 11.7. The molecule has 1 aromatic carbocycles. The Kier molecular flexibility index (Phi) is 6.90. The van der Waals surface area contributed by atoms with Gasteiger partial charge in [0, 0.05) is 25.5 Å². The molecule has 3 heterocycles. The Balaban J connectivity index is 1.64. The largest absolute Gasteiger partial charge is 0.488 e. The number of nitrogens with zero attached hydrogens (tertiary/aromatic N) is 2. The van der Waals surface area contributed by atoms with Crippen LogP contribution in [0.2, 0.25) is 0 Å². The monoisotopic (exact) mass is 485 g/mol. The quantitative estimate of drug-likeness (QED) is 0.490. The molecule has 34 heavy (non-hydrogen) atoms. The number of hydrogen-bond donors (Lipinski definition) is 1. The zero-order valence-corrected chi connectivity index (χ0v) is 20.3. The van der Waals surface area contributed by atoms with E-state index in [2.05, 4.69) is 15.0 Å². The van der Waals surface area contributed by atoms with Gasteiger partial charge in [-0.25, -0.2) is 18.4 Å². The summed E-state index contributed by atoms with van der Waals surface area (Å²) in [4.78, 5) is 12.5. The molecule has 4 rings (SSSR count). The van der Waals surface area contributed by atoms with Crippen molar-refractivity contribution in [3.8, 4) is 28.8 Å². The lowest BCUT2D eigenvalue weighted by molar-refractivity contribution is 0.0919. The van der Waals surface area contributed by atoms with Crippen LogP contribution in [0, 0.1) is 0 Å². The highest BCUT2D eigenvalue weighted by molar-refractivity contribution is 7.90. The molecule has 0 saturated carbocycles. The van der Waals surface area contributed by atoms with E-state index >= 15 is 0 Å². The molecular weight excluding hydrogens is 458 g/mol. The third-order valence-corrected chi connectivity index (χ3v) is 6.11. The second kappa shape index (κ2) is 9.86. The number of methoxy groups -OCH3 is 1. The van der Waals surface area contributed by atoms with Crippen LogP contribution in [-0.4, -0.2) is 63.0 Å². The van der Waals surface area contributed by atoms with Gasteiger partial charge in [-0.15, -0.1) is 0 Å². The molecule has 0 bridgehead atoms. The number of pyridine rings is 1. The number of benzene rings is 1. The van der Waals surface area contributed by atoms with Crippen LogP contribution in [-0.2, 0) is 19.3 Å². The number of aromatic amines is 1. The lowest BCUT2D eigenvalue weighted by Gasteiger charge is -2.15. The third kappa shape index (κ3) is 5.75. The van der Waals surface area contributed by atoms with Gasteiger partial charge in [0.05, 0.1) is 29.4 Å². The molecule has 0 fully saturated rings. The highest BCUT2D eigenvalue weighted by atomic mass is 32.2. The van der Waals surface area contributed by atoms with Crippen LogP contribution in [0.3, 0.4) is 0 Å². The molecule has 0 saturated heterocycles. The topological polar surface area (TPSA) is 112 Å². The SMILES string of the molecule is COCC(C)Oc1cc(Oc2ccc(S(C)(=O)=O)cc2)nc(-c2ccc(C3=NCC(C)O3)[nH]2)c1. The molecular formula is C24H27N3O6S. The van der Waals surface area contributed by atoms with Crippen molar-refractivity contribution in [2.45, 2.75) is 31.0 Å². The fraction of sp³-hybridized carbons (Fsp3) is 0.333. The van der Waals surface area contributed by atoms with E-state index in [1.54, 1.807) is 31.4 Å². The van der Waals surface area contributed by atoms with Crippen LogP contribution in [0.1, 0.15) is 19.5 Å². The molecule has 2 unspecified atom stereocenters. The molecule has 0 amide bonds. The van der Waals surface area contributed by atoms with Crippen molar-refractivity contribution in [1.29, 1.82) is 0 Å². The molecule has 9 nitrogen and oxygen atoms in total. The minimum atomic E-state index is -3.30. The molecule has 1 N–H and O–H groups in total. The van der Waals surface area contributed by atoms with E-state index in [4.69, 9.17) is 18.9 Å². The van der Waals surface area contributed by atoms with Crippen LogP contribution >= 0.6 is 0 Å². The maximum Gasteiger partial charge on any atom is 0.233 e. The number of ether oxygens (including phenoxy) is 4. The Bertz CT molecular complexity index is 1280.